The molecule has 1 aliphatic heterocycles. The zero-order chi connectivity index (χ0) is 17.3. The molecule has 1 aromatic heterocycles. The largest absolute Gasteiger partial charge is 0.495 e. The van der Waals surface area contributed by atoms with Crippen molar-refractivity contribution in [1.82, 2.24) is 9.78 Å². The minimum atomic E-state index is -0.545. The fourth-order valence-corrected chi connectivity index (χ4v) is 3.01. The van der Waals surface area contributed by atoms with Gasteiger partial charge in [0.1, 0.15) is 5.75 Å². The predicted octanol–water partition coefficient (Wildman–Crippen LogP) is 2.48. The lowest BCUT2D eigenvalue weighted by Crippen LogP contribution is -2.42. The molecule has 24 heavy (non-hydrogen) atoms. The highest BCUT2D eigenvalue weighted by atomic mass is 16.6. The van der Waals surface area contributed by atoms with Gasteiger partial charge in [-0.1, -0.05) is 12.1 Å². The third-order valence-corrected chi connectivity index (χ3v) is 4.17. The number of methoxy groups -OCH3 is 1. The van der Waals surface area contributed by atoms with Crippen LogP contribution in [-0.4, -0.2) is 34.3 Å². The molecule has 0 unspecified atom stereocenters. The summed E-state index contributed by atoms with van der Waals surface area (Å²) < 4.78 is 6.75. The van der Waals surface area contributed by atoms with Gasteiger partial charge in [0.15, 0.2) is 6.04 Å². The summed E-state index contributed by atoms with van der Waals surface area (Å²) in [5.74, 6) is 0.273. The van der Waals surface area contributed by atoms with Crippen molar-refractivity contribution >= 4 is 17.4 Å². The van der Waals surface area contributed by atoms with Crippen LogP contribution in [0.2, 0.25) is 0 Å². The summed E-state index contributed by atoms with van der Waals surface area (Å²) in [6.45, 7) is 2.20. The van der Waals surface area contributed by atoms with Gasteiger partial charge in [0.2, 0.25) is 0 Å². The van der Waals surface area contributed by atoms with Crippen molar-refractivity contribution in [2.75, 3.05) is 18.6 Å². The molecular weight excluding hydrogens is 312 g/mol. The van der Waals surface area contributed by atoms with Crippen molar-refractivity contribution in [3.63, 3.8) is 0 Å². The molecule has 2 aromatic rings. The van der Waals surface area contributed by atoms with E-state index in [0.29, 0.717) is 30.0 Å². The highest BCUT2D eigenvalue weighted by molar-refractivity contribution is 5.98. The maximum Gasteiger partial charge on any atom is 0.392 e. The summed E-state index contributed by atoms with van der Waals surface area (Å²) >= 11 is 0. The van der Waals surface area contributed by atoms with Crippen LogP contribution >= 0.6 is 0 Å². The van der Waals surface area contributed by atoms with Crippen LogP contribution < -0.4 is 9.64 Å². The van der Waals surface area contributed by atoms with Crippen molar-refractivity contribution < 1.29 is 14.5 Å². The zero-order valence-corrected chi connectivity index (χ0v) is 13.5. The molecule has 1 aliphatic rings. The number of rotatable bonds is 4. The molecule has 8 nitrogen and oxygen atoms in total. The number of aryl methyl sites for hydroxylation is 1. The second kappa shape index (κ2) is 6.31. The smallest absolute Gasteiger partial charge is 0.392 e. The quantitative estimate of drug-likeness (QED) is 0.634. The number of anilines is 1. The molecule has 8 heteroatoms. The first-order valence-corrected chi connectivity index (χ1v) is 7.67. The molecule has 1 amide bonds. The van der Waals surface area contributed by atoms with Gasteiger partial charge in [-0.15, -0.1) is 0 Å². The molecule has 2 heterocycles. The fourth-order valence-electron chi connectivity index (χ4n) is 3.01. The molecule has 0 aliphatic carbocycles. The number of carbonyl (C=O) groups excluding carboxylic acids is 1. The van der Waals surface area contributed by atoms with Gasteiger partial charge >= 0.3 is 5.82 Å². The Kier molecular flexibility index (Phi) is 4.20. The molecule has 0 saturated carbocycles. The first-order valence-electron chi connectivity index (χ1n) is 7.67. The molecule has 0 spiro atoms. The average Bonchev–Trinajstić information content (AvgIpc) is 2.97. The summed E-state index contributed by atoms with van der Waals surface area (Å²) in [6.07, 6.45) is 2.94. The third kappa shape index (κ3) is 2.70. The molecule has 0 N–H and O–H groups in total. The summed E-state index contributed by atoms with van der Waals surface area (Å²) in [7, 11) is 1.56. The van der Waals surface area contributed by atoms with E-state index >= 15 is 0 Å². The Bertz CT molecular complexity index is 786. The average molecular weight is 330 g/mol. The van der Waals surface area contributed by atoms with Gasteiger partial charge in [-0.05, 0) is 36.8 Å². The Balaban J connectivity index is 1.93. The van der Waals surface area contributed by atoms with E-state index in [1.165, 1.54) is 4.68 Å². The van der Waals surface area contributed by atoms with Crippen LogP contribution in [-0.2, 0) is 4.79 Å². The number of ether oxygens (including phenoxy) is 1. The molecule has 0 bridgehead atoms. The lowest BCUT2D eigenvalue weighted by Gasteiger charge is -2.32. The number of piperidine rings is 1. The highest BCUT2D eigenvalue weighted by Gasteiger charge is 2.35. The van der Waals surface area contributed by atoms with E-state index in [1.807, 2.05) is 18.2 Å². The van der Waals surface area contributed by atoms with Crippen LogP contribution in [0.25, 0.3) is 0 Å². The van der Waals surface area contributed by atoms with E-state index in [0.717, 1.165) is 6.42 Å². The monoisotopic (exact) mass is 330 g/mol. The van der Waals surface area contributed by atoms with Crippen molar-refractivity contribution in [3.05, 3.63) is 46.1 Å². The molecule has 126 valence electrons. The lowest BCUT2D eigenvalue weighted by molar-refractivity contribution is -0.390. The van der Waals surface area contributed by atoms with E-state index in [-0.39, 0.29) is 11.7 Å². The molecule has 1 atom stereocenters. The Labute approximate surface area is 138 Å². The number of nitrogens with zero attached hydrogens (tertiary/aromatic N) is 4. The van der Waals surface area contributed by atoms with Crippen LogP contribution in [0.1, 0.15) is 24.4 Å². The standard InChI is InChI=1S/C16H18N4O4/c1-11-10-19(17-15(11)20(22)23)13-7-5-9-18(16(13)21)12-6-3-4-8-14(12)24-2/h3-4,6,8,10,13H,5,7,9H2,1-2H3/t13-/m1/s1. The number of nitro groups is 1. The molecule has 1 aromatic carbocycles. The third-order valence-electron chi connectivity index (χ3n) is 4.17. The van der Waals surface area contributed by atoms with E-state index in [1.54, 1.807) is 31.2 Å². The number of amides is 1. The summed E-state index contributed by atoms with van der Waals surface area (Å²) in [6, 6.07) is 6.77. The Morgan fingerprint density at radius 2 is 2.12 bits per heavy atom. The summed E-state index contributed by atoms with van der Waals surface area (Å²) in [5, 5.41) is 15.0. The maximum atomic E-state index is 12.9. The molecule has 1 saturated heterocycles. The SMILES string of the molecule is COc1ccccc1N1CCC[C@@H](n2cc(C)c([N+](=O)[O-])n2)C1=O. The summed E-state index contributed by atoms with van der Waals surface area (Å²) in [5.41, 5.74) is 1.15. The molecular formula is C16H18N4O4. The van der Waals surface area contributed by atoms with Gasteiger partial charge in [-0.2, -0.15) is 4.68 Å². The van der Waals surface area contributed by atoms with E-state index in [4.69, 9.17) is 4.74 Å². The Morgan fingerprint density at radius 3 is 2.79 bits per heavy atom. The topological polar surface area (TPSA) is 90.5 Å². The number of benzene rings is 1. The van der Waals surface area contributed by atoms with Gasteiger partial charge in [-0.25, -0.2) is 0 Å². The van der Waals surface area contributed by atoms with Gasteiger partial charge in [0.05, 0.1) is 29.7 Å². The first-order chi connectivity index (χ1) is 11.5. The van der Waals surface area contributed by atoms with E-state index in [9.17, 15) is 14.9 Å². The Morgan fingerprint density at radius 1 is 1.38 bits per heavy atom. The van der Waals surface area contributed by atoms with Crippen LogP contribution in [0, 0.1) is 17.0 Å². The lowest BCUT2D eigenvalue weighted by atomic mass is 10.0. The van der Waals surface area contributed by atoms with Gasteiger partial charge in [0, 0.05) is 6.54 Å². The predicted molar refractivity (Wildman–Crippen MR) is 87.2 cm³/mol. The van der Waals surface area contributed by atoms with Crippen molar-refractivity contribution in [1.29, 1.82) is 0 Å². The van der Waals surface area contributed by atoms with Gasteiger partial charge in [0.25, 0.3) is 5.91 Å². The first kappa shape index (κ1) is 16.0. The molecule has 0 radical (unpaired) electrons. The molecule has 3 rings (SSSR count). The van der Waals surface area contributed by atoms with Crippen molar-refractivity contribution in [2.45, 2.75) is 25.8 Å². The van der Waals surface area contributed by atoms with Crippen LogP contribution in [0.5, 0.6) is 5.75 Å². The van der Waals surface area contributed by atoms with Crippen molar-refractivity contribution in [2.24, 2.45) is 0 Å². The van der Waals surface area contributed by atoms with Crippen LogP contribution in [0.3, 0.4) is 0 Å². The fraction of sp³-hybridized carbons (Fsp3) is 0.375. The number of hydrogen-bond donors (Lipinski definition) is 0. The second-order valence-corrected chi connectivity index (χ2v) is 5.69. The number of para-hydroxylation sites is 2. The number of hydrogen-bond acceptors (Lipinski definition) is 5. The molecule has 1 fully saturated rings. The second-order valence-electron chi connectivity index (χ2n) is 5.69. The summed E-state index contributed by atoms with van der Waals surface area (Å²) in [4.78, 5) is 25.0. The minimum absolute atomic E-state index is 0.136. The maximum absolute atomic E-state index is 12.9. The van der Waals surface area contributed by atoms with Gasteiger partial charge < -0.3 is 19.8 Å². The van der Waals surface area contributed by atoms with Gasteiger partial charge in [-0.3, -0.25) is 4.79 Å². The normalized spacial score (nSPS) is 17.8. The number of aromatic nitrogens is 2. The highest BCUT2D eigenvalue weighted by Crippen LogP contribution is 2.34. The zero-order valence-electron chi connectivity index (χ0n) is 13.5. The minimum Gasteiger partial charge on any atom is -0.495 e. The van der Waals surface area contributed by atoms with E-state index in [2.05, 4.69) is 5.10 Å². The Hall–Kier alpha value is -2.90. The van der Waals surface area contributed by atoms with Crippen LogP contribution in [0.15, 0.2) is 30.5 Å². The van der Waals surface area contributed by atoms with Crippen molar-refractivity contribution in [3.8, 4) is 5.75 Å². The van der Waals surface area contributed by atoms with E-state index < -0.39 is 11.0 Å². The number of carbonyl (C=O) groups is 1. The van der Waals surface area contributed by atoms with Crippen LogP contribution in [0.4, 0.5) is 11.5 Å².